The molecule has 2 N–H and O–H groups in total. The Kier molecular flexibility index (Phi) is 4.31. The molecule has 0 bridgehead atoms. The summed E-state index contributed by atoms with van der Waals surface area (Å²) in [4.78, 5) is 7.88. The maximum Gasteiger partial charge on any atom is 0.418 e. The van der Waals surface area contributed by atoms with Gasteiger partial charge >= 0.3 is 6.18 Å². The van der Waals surface area contributed by atoms with E-state index in [4.69, 9.17) is 0 Å². The Hall–Kier alpha value is -3.68. The van der Waals surface area contributed by atoms with Gasteiger partial charge < -0.3 is 5.32 Å². The quantitative estimate of drug-likeness (QED) is 0.515. The summed E-state index contributed by atoms with van der Waals surface area (Å²) in [6, 6.07) is 10.3. The summed E-state index contributed by atoms with van der Waals surface area (Å²) in [5.41, 5.74) is 2.23. The molecule has 1 aromatic carbocycles. The van der Waals surface area contributed by atoms with Gasteiger partial charge in [-0.3, -0.25) is 15.1 Å². The van der Waals surface area contributed by atoms with Gasteiger partial charge in [0.1, 0.15) is 5.69 Å². The normalized spacial score (nSPS) is 11.5. The van der Waals surface area contributed by atoms with Gasteiger partial charge in [-0.1, -0.05) is 18.7 Å². The van der Waals surface area contributed by atoms with E-state index in [0.717, 1.165) is 40.5 Å². The molecule has 8 heteroatoms. The number of aromatic amines is 1. The lowest BCUT2D eigenvalue weighted by atomic mass is 10.0. The molecule has 0 aliphatic carbocycles. The number of nitrogens with zero attached hydrogens (tertiary/aromatic N) is 3. The molecule has 5 nitrogen and oxygen atoms in total. The molecular formula is C20H14F3N5. The number of alkyl halides is 3. The summed E-state index contributed by atoms with van der Waals surface area (Å²) in [5.74, 6) is 0. The summed E-state index contributed by atoms with van der Waals surface area (Å²) in [7, 11) is 0. The van der Waals surface area contributed by atoms with Crippen molar-refractivity contribution in [3.05, 3.63) is 79.0 Å². The average molecular weight is 381 g/mol. The van der Waals surface area contributed by atoms with Crippen molar-refractivity contribution in [1.29, 1.82) is 0 Å². The third-order valence-corrected chi connectivity index (χ3v) is 4.26. The SMILES string of the molecule is C=C(Nc1cnccc1C(F)(F)F)c1n[nH]c2ccc(-c3cccnc3)cc12. The molecular weight excluding hydrogens is 367 g/mol. The van der Waals surface area contributed by atoms with Crippen molar-refractivity contribution in [3.8, 4) is 11.1 Å². The first-order chi connectivity index (χ1) is 13.4. The minimum absolute atomic E-state index is 0.181. The smallest absolute Gasteiger partial charge is 0.352 e. The van der Waals surface area contributed by atoms with Gasteiger partial charge in [0.15, 0.2) is 0 Å². The van der Waals surface area contributed by atoms with Crippen molar-refractivity contribution in [2.24, 2.45) is 0 Å². The molecule has 28 heavy (non-hydrogen) atoms. The standard InChI is InChI=1S/C20H14F3N5/c1-12(26-18-11-25-8-6-16(18)20(21,22)23)19-15-9-13(4-5-17(15)27-28-19)14-3-2-7-24-10-14/h2-11,26H,1H2,(H,27,28). The first-order valence-electron chi connectivity index (χ1n) is 8.29. The fraction of sp³-hybridized carbons (Fsp3) is 0.0500. The highest BCUT2D eigenvalue weighted by Gasteiger charge is 2.33. The molecule has 3 aromatic heterocycles. The zero-order valence-corrected chi connectivity index (χ0v) is 14.5. The minimum atomic E-state index is -4.51. The van der Waals surface area contributed by atoms with Crippen LogP contribution in [0.25, 0.3) is 27.7 Å². The molecule has 0 saturated carbocycles. The van der Waals surface area contributed by atoms with Crippen LogP contribution in [-0.2, 0) is 6.18 Å². The van der Waals surface area contributed by atoms with Crippen molar-refractivity contribution in [3.63, 3.8) is 0 Å². The molecule has 4 rings (SSSR count). The number of hydrogen-bond donors (Lipinski definition) is 2. The van der Waals surface area contributed by atoms with Crippen molar-refractivity contribution in [2.75, 3.05) is 5.32 Å². The number of fused-ring (bicyclic) bond motifs is 1. The van der Waals surface area contributed by atoms with Gasteiger partial charge in [-0.25, -0.2) is 0 Å². The Morgan fingerprint density at radius 2 is 1.82 bits per heavy atom. The van der Waals surface area contributed by atoms with Crippen LogP contribution in [0.1, 0.15) is 11.3 Å². The summed E-state index contributed by atoms with van der Waals surface area (Å²) in [5, 5.41) is 10.5. The van der Waals surface area contributed by atoms with E-state index in [1.165, 1.54) is 0 Å². The number of pyridine rings is 2. The van der Waals surface area contributed by atoms with Crippen molar-refractivity contribution in [2.45, 2.75) is 6.18 Å². The van der Waals surface area contributed by atoms with E-state index in [0.29, 0.717) is 5.69 Å². The van der Waals surface area contributed by atoms with Crippen LogP contribution in [0.5, 0.6) is 0 Å². The summed E-state index contributed by atoms with van der Waals surface area (Å²) in [6.45, 7) is 3.87. The lowest BCUT2D eigenvalue weighted by Gasteiger charge is -2.14. The van der Waals surface area contributed by atoms with Crippen LogP contribution in [0.3, 0.4) is 0 Å². The van der Waals surface area contributed by atoms with Crippen molar-refractivity contribution >= 4 is 22.3 Å². The zero-order valence-electron chi connectivity index (χ0n) is 14.5. The number of halogens is 3. The molecule has 0 fully saturated rings. The number of aromatic nitrogens is 4. The topological polar surface area (TPSA) is 66.5 Å². The fourth-order valence-electron chi connectivity index (χ4n) is 2.92. The molecule has 0 radical (unpaired) electrons. The van der Waals surface area contributed by atoms with Crippen LogP contribution >= 0.6 is 0 Å². The van der Waals surface area contributed by atoms with E-state index in [2.05, 4.69) is 32.1 Å². The Morgan fingerprint density at radius 1 is 1.00 bits per heavy atom. The second kappa shape index (κ2) is 6.80. The number of rotatable bonds is 4. The molecule has 140 valence electrons. The highest BCUT2D eigenvalue weighted by Crippen LogP contribution is 2.36. The van der Waals surface area contributed by atoms with Gasteiger partial charge in [0.25, 0.3) is 0 Å². The second-order valence-corrected chi connectivity index (χ2v) is 6.10. The van der Waals surface area contributed by atoms with Crippen LogP contribution in [-0.4, -0.2) is 20.2 Å². The van der Waals surface area contributed by atoms with Crippen LogP contribution in [0.2, 0.25) is 0 Å². The Morgan fingerprint density at radius 3 is 2.57 bits per heavy atom. The van der Waals surface area contributed by atoms with Crippen molar-refractivity contribution in [1.82, 2.24) is 20.2 Å². The number of hydrogen-bond acceptors (Lipinski definition) is 4. The molecule has 0 atom stereocenters. The van der Waals surface area contributed by atoms with Gasteiger partial charge in [0, 0.05) is 29.5 Å². The Labute approximate surface area is 158 Å². The molecule has 0 unspecified atom stereocenters. The zero-order chi connectivity index (χ0) is 19.7. The monoisotopic (exact) mass is 381 g/mol. The van der Waals surface area contributed by atoms with Gasteiger partial charge in [-0.2, -0.15) is 18.3 Å². The molecule has 0 aliphatic rings. The highest BCUT2D eigenvalue weighted by atomic mass is 19.4. The number of anilines is 1. The predicted octanol–water partition coefficient (Wildman–Crippen LogP) is 5.12. The third kappa shape index (κ3) is 3.32. The maximum atomic E-state index is 13.2. The number of nitrogens with one attached hydrogen (secondary N) is 2. The Bertz CT molecular complexity index is 1150. The lowest BCUT2D eigenvalue weighted by molar-refractivity contribution is -0.137. The summed E-state index contributed by atoms with van der Waals surface area (Å²) < 4.78 is 39.6. The average Bonchev–Trinajstić information content (AvgIpc) is 3.11. The molecule has 4 aromatic rings. The lowest BCUT2D eigenvalue weighted by Crippen LogP contribution is -2.10. The summed E-state index contributed by atoms with van der Waals surface area (Å²) in [6.07, 6.45) is 1.12. The predicted molar refractivity (Wildman–Crippen MR) is 101 cm³/mol. The first kappa shape index (κ1) is 17.7. The van der Waals surface area contributed by atoms with Crippen molar-refractivity contribution < 1.29 is 13.2 Å². The molecule has 0 spiro atoms. The van der Waals surface area contributed by atoms with E-state index in [1.807, 2.05) is 30.3 Å². The molecule has 0 aliphatic heterocycles. The third-order valence-electron chi connectivity index (χ3n) is 4.26. The van der Waals surface area contributed by atoms with Gasteiger partial charge in [0.2, 0.25) is 0 Å². The van der Waals surface area contributed by atoms with Crippen LogP contribution in [0.4, 0.5) is 18.9 Å². The van der Waals surface area contributed by atoms with Gasteiger partial charge in [-0.05, 0) is 29.8 Å². The van der Waals surface area contributed by atoms with E-state index in [9.17, 15) is 13.2 Å². The fourth-order valence-corrected chi connectivity index (χ4v) is 2.92. The summed E-state index contributed by atoms with van der Waals surface area (Å²) >= 11 is 0. The number of benzene rings is 1. The van der Waals surface area contributed by atoms with Gasteiger partial charge in [-0.15, -0.1) is 0 Å². The van der Waals surface area contributed by atoms with E-state index in [-0.39, 0.29) is 11.4 Å². The second-order valence-electron chi connectivity index (χ2n) is 6.10. The van der Waals surface area contributed by atoms with E-state index >= 15 is 0 Å². The Balaban J connectivity index is 1.71. The molecule has 0 saturated heterocycles. The largest absolute Gasteiger partial charge is 0.418 e. The van der Waals surface area contributed by atoms with Crippen LogP contribution in [0.15, 0.2) is 67.8 Å². The molecule has 3 heterocycles. The van der Waals surface area contributed by atoms with Gasteiger partial charge in [0.05, 0.1) is 28.7 Å². The molecule has 0 amide bonds. The maximum absolute atomic E-state index is 13.2. The van der Waals surface area contributed by atoms with Crippen LogP contribution in [0, 0.1) is 0 Å². The highest BCUT2D eigenvalue weighted by molar-refractivity contribution is 5.95. The van der Waals surface area contributed by atoms with E-state index in [1.54, 1.807) is 12.4 Å². The first-order valence-corrected chi connectivity index (χ1v) is 8.29. The number of H-pyrrole nitrogens is 1. The minimum Gasteiger partial charge on any atom is -0.352 e. The van der Waals surface area contributed by atoms with Crippen LogP contribution < -0.4 is 5.32 Å². The van der Waals surface area contributed by atoms with E-state index < -0.39 is 11.7 Å².